The van der Waals surface area contributed by atoms with Gasteiger partial charge in [-0.25, -0.2) is 4.98 Å². The lowest BCUT2D eigenvalue weighted by atomic mass is 9.57. The number of amides is 2. The van der Waals surface area contributed by atoms with E-state index in [1.165, 1.54) is 23.4 Å². The van der Waals surface area contributed by atoms with Crippen LogP contribution in [0.2, 0.25) is 0 Å². The highest BCUT2D eigenvalue weighted by Gasteiger charge is 2.54. The van der Waals surface area contributed by atoms with Crippen molar-refractivity contribution >= 4 is 40.0 Å². The average Bonchev–Trinajstić information content (AvgIpc) is 3.49. The van der Waals surface area contributed by atoms with E-state index in [4.69, 9.17) is 4.52 Å². The molecular weight excluding hydrogens is 789 g/mol. The number of thiazole rings is 1. The summed E-state index contributed by atoms with van der Waals surface area (Å²) in [5.41, 5.74) is 9.69. The number of hydrogen-bond acceptors (Lipinski definition) is 11. The van der Waals surface area contributed by atoms with Gasteiger partial charge in [-0.15, -0.1) is 21.5 Å². The van der Waals surface area contributed by atoms with E-state index >= 15 is 0 Å². The second kappa shape index (κ2) is 15.4. The minimum absolute atomic E-state index is 0.0815. The van der Waals surface area contributed by atoms with E-state index < -0.39 is 18.1 Å². The molecule has 4 aromatic heterocycles. The molecule has 2 aliphatic heterocycles. The lowest BCUT2D eigenvalue weighted by Gasteiger charge is -2.59. The van der Waals surface area contributed by atoms with Gasteiger partial charge in [-0.1, -0.05) is 55.4 Å². The number of hydrogen-bond donors (Lipinski definition) is 3. The van der Waals surface area contributed by atoms with Gasteiger partial charge < -0.3 is 34.4 Å². The fourth-order valence-electron chi connectivity index (χ4n) is 10.1. The van der Waals surface area contributed by atoms with Crippen LogP contribution in [-0.2, 0) is 16.1 Å². The van der Waals surface area contributed by atoms with Crippen molar-refractivity contribution in [3.63, 3.8) is 0 Å². The van der Waals surface area contributed by atoms with Crippen LogP contribution in [0.3, 0.4) is 0 Å². The van der Waals surface area contributed by atoms with E-state index in [2.05, 4.69) is 47.3 Å². The Balaban J connectivity index is 0.789. The van der Waals surface area contributed by atoms with E-state index in [1.807, 2.05) is 81.7 Å². The quantitative estimate of drug-likeness (QED) is 0.112. The summed E-state index contributed by atoms with van der Waals surface area (Å²) in [6, 6.07) is 20.5. The number of anilines is 1. The number of nitrogens with zero attached hydrogens (tertiary/aromatic N) is 7. The topological polar surface area (TPSA) is 163 Å². The maximum Gasteiger partial charge on any atom is 0.243 e. The highest BCUT2D eigenvalue weighted by atomic mass is 32.1. The van der Waals surface area contributed by atoms with Gasteiger partial charge in [0.25, 0.3) is 0 Å². The van der Waals surface area contributed by atoms with Crippen LogP contribution in [0.25, 0.3) is 32.7 Å². The molecule has 0 bridgehead atoms. The van der Waals surface area contributed by atoms with E-state index in [9.17, 15) is 19.8 Å². The summed E-state index contributed by atoms with van der Waals surface area (Å²) in [7, 11) is 0. The number of β-amino-alcohol motifs (C(OH)–C–C–N with tert-alkyl or cyclic N) is 1. The summed E-state index contributed by atoms with van der Waals surface area (Å²) < 4.78 is 8.39. The van der Waals surface area contributed by atoms with Gasteiger partial charge in [0.15, 0.2) is 11.6 Å². The maximum absolute atomic E-state index is 14.3. The molecule has 14 heteroatoms. The molecule has 4 fully saturated rings. The first-order valence-electron chi connectivity index (χ1n) is 21.6. The van der Waals surface area contributed by atoms with Crippen molar-refractivity contribution in [2.75, 3.05) is 24.5 Å². The monoisotopic (exact) mass is 840 g/mol. The first kappa shape index (κ1) is 39.5. The van der Waals surface area contributed by atoms with E-state index in [1.54, 1.807) is 17.4 Å². The number of carbonyl (C=O) groups excluding carboxylic acids is 2. The largest absolute Gasteiger partial charge is 0.507 e. The van der Waals surface area contributed by atoms with Crippen molar-refractivity contribution in [3.8, 4) is 27.4 Å². The Kier molecular flexibility index (Phi) is 9.97. The Morgan fingerprint density at radius 2 is 1.79 bits per heavy atom. The molecule has 2 saturated heterocycles. The number of para-hydroxylation sites is 1. The van der Waals surface area contributed by atoms with Crippen molar-refractivity contribution in [3.05, 3.63) is 95.0 Å². The average molecular weight is 841 g/mol. The Bertz CT molecular complexity index is 2600. The minimum atomic E-state index is -0.803. The number of aliphatic hydroxyl groups is 1. The summed E-state index contributed by atoms with van der Waals surface area (Å²) >= 11 is 1.60. The Morgan fingerprint density at radius 1 is 1.02 bits per heavy atom. The molecule has 0 unspecified atom stereocenters. The number of nitrogens with one attached hydrogen (secondary N) is 1. The van der Waals surface area contributed by atoms with Crippen LogP contribution < -0.4 is 10.2 Å². The van der Waals surface area contributed by atoms with Gasteiger partial charge in [0.1, 0.15) is 23.2 Å². The number of carbonyl (C=O) groups is 2. The highest BCUT2D eigenvalue weighted by molar-refractivity contribution is 7.13. The molecule has 10 rings (SSSR count). The zero-order valence-corrected chi connectivity index (χ0v) is 35.8. The lowest BCUT2D eigenvalue weighted by molar-refractivity contribution is -0.141. The van der Waals surface area contributed by atoms with Gasteiger partial charge in [-0.3, -0.25) is 9.59 Å². The third-order valence-corrected chi connectivity index (χ3v) is 14.5. The molecule has 1 spiro atoms. The van der Waals surface area contributed by atoms with Gasteiger partial charge >= 0.3 is 0 Å². The third kappa shape index (κ3) is 7.37. The number of likely N-dealkylation sites (tertiary alicyclic amines) is 1. The summed E-state index contributed by atoms with van der Waals surface area (Å²) in [5.74, 6) is 1.17. The standard InChI is InChI=1S/C47H52N8O5S/c1-26(2)43(46(59)55-22-33(56)15-39(55)45(58)49-27(3)30-11-13-31(14-12-30)44-28(4)48-25-61-44)41-18-42(52-60-41)53-23-47(24-53)19-32(20-47)37-17-36-38(54(37)21-29-9-10-29)16-35(50-51-36)34-7-5-6-8-40(34)57/h5-8,11-14,16-18,25-27,29,32-33,39,43,56-57H,9-10,15,19-24H2,1-4H3,(H,49,58)/t27-,33+,39-,43+/m0/s1. The first-order valence-corrected chi connectivity index (χ1v) is 22.5. The minimum Gasteiger partial charge on any atom is -0.507 e. The molecule has 0 radical (unpaired) electrons. The molecule has 6 heterocycles. The Labute approximate surface area is 358 Å². The summed E-state index contributed by atoms with van der Waals surface area (Å²) in [4.78, 5) is 37.4. The van der Waals surface area contributed by atoms with Gasteiger partial charge in [-0.2, -0.15) is 0 Å². The zero-order chi connectivity index (χ0) is 42.2. The molecule has 2 aromatic carbocycles. The molecule has 2 saturated carbocycles. The normalized spacial score (nSPS) is 20.9. The van der Waals surface area contributed by atoms with E-state index in [-0.39, 0.29) is 47.9 Å². The predicted molar refractivity (Wildman–Crippen MR) is 233 cm³/mol. The fourth-order valence-corrected chi connectivity index (χ4v) is 10.9. The predicted octanol–water partition coefficient (Wildman–Crippen LogP) is 7.60. The molecule has 4 aliphatic rings. The van der Waals surface area contributed by atoms with Crippen molar-refractivity contribution in [2.24, 2.45) is 17.3 Å². The zero-order valence-electron chi connectivity index (χ0n) is 35.0. The van der Waals surface area contributed by atoms with Crippen LogP contribution in [0.1, 0.15) is 93.5 Å². The smallest absolute Gasteiger partial charge is 0.243 e. The highest BCUT2D eigenvalue weighted by Crippen LogP contribution is 2.57. The summed E-state index contributed by atoms with van der Waals surface area (Å²) in [6.07, 6.45) is 4.00. The lowest BCUT2D eigenvalue weighted by Crippen LogP contribution is -2.62. The van der Waals surface area contributed by atoms with Crippen molar-refractivity contribution < 1.29 is 24.3 Å². The number of aliphatic hydroxyl groups excluding tert-OH is 1. The van der Waals surface area contributed by atoms with Crippen molar-refractivity contribution in [1.29, 1.82) is 0 Å². The van der Waals surface area contributed by atoms with Gasteiger partial charge in [0.2, 0.25) is 11.8 Å². The van der Waals surface area contributed by atoms with Gasteiger partial charge in [-0.05, 0) is 86.8 Å². The van der Waals surface area contributed by atoms with Crippen LogP contribution in [0.5, 0.6) is 5.75 Å². The second-order valence-corrected chi connectivity index (χ2v) is 19.3. The van der Waals surface area contributed by atoms with Crippen molar-refractivity contribution in [2.45, 2.75) is 96.4 Å². The number of rotatable bonds is 12. The van der Waals surface area contributed by atoms with Crippen LogP contribution in [0.15, 0.2) is 76.8 Å². The molecule has 2 aliphatic carbocycles. The summed E-state index contributed by atoms with van der Waals surface area (Å²) in [5, 5.41) is 37.9. The first-order chi connectivity index (χ1) is 29.4. The molecule has 2 amide bonds. The number of fused-ring (bicyclic) bond motifs is 1. The molecule has 316 valence electrons. The molecule has 13 nitrogen and oxygen atoms in total. The molecule has 6 aromatic rings. The number of aryl methyl sites for hydroxylation is 1. The van der Waals surface area contributed by atoms with E-state index in [0.29, 0.717) is 28.9 Å². The van der Waals surface area contributed by atoms with E-state index in [0.717, 1.165) is 71.0 Å². The Hall–Kier alpha value is -5.60. The van der Waals surface area contributed by atoms with Crippen LogP contribution in [0.4, 0.5) is 5.82 Å². The summed E-state index contributed by atoms with van der Waals surface area (Å²) in [6.45, 7) is 10.6. The number of benzene rings is 2. The molecular formula is C47H52N8O5S. The Morgan fingerprint density at radius 3 is 2.49 bits per heavy atom. The number of aromatic hydroxyl groups is 1. The van der Waals surface area contributed by atoms with Crippen LogP contribution >= 0.6 is 11.3 Å². The molecule has 4 atom stereocenters. The molecule has 61 heavy (non-hydrogen) atoms. The maximum atomic E-state index is 14.3. The van der Waals surface area contributed by atoms with Crippen LogP contribution in [-0.4, -0.2) is 83.6 Å². The van der Waals surface area contributed by atoms with Crippen LogP contribution in [0, 0.1) is 24.2 Å². The number of phenolic OH excluding ortho intramolecular Hbond substituents is 1. The second-order valence-electron chi connectivity index (χ2n) is 18.4. The van der Waals surface area contributed by atoms with Crippen molar-refractivity contribution in [1.82, 2.24) is 35.1 Å². The third-order valence-electron chi connectivity index (χ3n) is 13.6. The van der Waals surface area contributed by atoms with Gasteiger partial charge in [0.05, 0.1) is 39.4 Å². The SMILES string of the molecule is Cc1ncsc1-c1ccc([C@H](C)NC(=O)[C@@H]2C[C@@H](O)CN2C(=O)[C@@H](c2cc(N3CC4(CC(c5cc6nnc(-c7ccccc7O)cc6n5CC5CC5)C4)C3)no2)C(C)C)cc1. The molecule has 3 N–H and O–H groups in total. The number of aromatic nitrogens is 5. The van der Waals surface area contributed by atoms with Gasteiger partial charge in [0, 0.05) is 61.3 Å². The number of phenols is 1. The fraction of sp³-hybridized carbons (Fsp3) is 0.447.